The zero-order valence-electron chi connectivity index (χ0n) is 14.2. The van der Waals surface area contributed by atoms with Crippen LogP contribution in [0.4, 0.5) is 18.9 Å². The number of anilines is 1. The van der Waals surface area contributed by atoms with E-state index in [2.05, 4.69) is 4.98 Å². The van der Waals surface area contributed by atoms with Gasteiger partial charge in [-0.05, 0) is 17.7 Å². The summed E-state index contributed by atoms with van der Waals surface area (Å²) in [4.78, 5) is 6.03. The molecule has 1 unspecified atom stereocenters. The fourth-order valence-corrected chi connectivity index (χ4v) is 3.56. The van der Waals surface area contributed by atoms with Gasteiger partial charge in [0.25, 0.3) is 0 Å². The number of hydrogen-bond acceptors (Lipinski definition) is 4. The Balaban J connectivity index is 2.03. The predicted octanol–water partition coefficient (Wildman–Crippen LogP) is 4.67. The molecule has 0 fully saturated rings. The SMILES string of the molecule is CN(C)c1ccc(-c2csc(C(O)(c3ccccc3)C(F)(F)F)n2)cc1. The normalized spacial score (nSPS) is 14.1. The van der Waals surface area contributed by atoms with Crippen LogP contribution in [0.25, 0.3) is 11.3 Å². The van der Waals surface area contributed by atoms with Crippen LogP contribution in [0.15, 0.2) is 60.0 Å². The third-order valence-corrected chi connectivity index (χ3v) is 5.05. The molecule has 0 radical (unpaired) electrons. The van der Waals surface area contributed by atoms with Gasteiger partial charge >= 0.3 is 6.18 Å². The van der Waals surface area contributed by atoms with E-state index in [9.17, 15) is 18.3 Å². The Bertz CT molecular complexity index is 876. The van der Waals surface area contributed by atoms with Crippen LogP contribution in [-0.2, 0) is 5.60 Å². The lowest BCUT2D eigenvalue weighted by Gasteiger charge is -2.28. The summed E-state index contributed by atoms with van der Waals surface area (Å²) in [6.45, 7) is 0. The molecule has 136 valence electrons. The van der Waals surface area contributed by atoms with E-state index in [-0.39, 0.29) is 5.56 Å². The lowest BCUT2D eigenvalue weighted by molar-refractivity contribution is -0.248. The Morgan fingerprint density at radius 2 is 1.58 bits per heavy atom. The van der Waals surface area contributed by atoms with Crippen LogP contribution in [0.2, 0.25) is 0 Å². The molecule has 3 nitrogen and oxygen atoms in total. The second-order valence-electron chi connectivity index (χ2n) is 6.05. The molecule has 26 heavy (non-hydrogen) atoms. The van der Waals surface area contributed by atoms with Crippen molar-refractivity contribution in [1.82, 2.24) is 4.98 Å². The summed E-state index contributed by atoms with van der Waals surface area (Å²) in [5.74, 6) is 0. The average Bonchev–Trinajstić information content (AvgIpc) is 3.11. The van der Waals surface area contributed by atoms with Crippen LogP contribution in [0.1, 0.15) is 10.6 Å². The van der Waals surface area contributed by atoms with Gasteiger partial charge in [0.2, 0.25) is 5.60 Å². The van der Waals surface area contributed by atoms with E-state index in [1.807, 2.05) is 31.1 Å². The summed E-state index contributed by atoms with van der Waals surface area (Å²) in [6, 6.07) is 14.3. The van der Waals surface area contributed by atoms with Crippen LogP contribution in [0.3, 0.4) is 0 Å². The molecule has 3 rings (SSSR count). The first kappa shape index (κ1) is 18.4. The van der Waals surface area contributed by atoms with Crippen molar-refractivity contribution in [2.24, 2.45) is 0 Å². The van der Waals surface area contributed by atoms with Crippen LogP contribution in [0.5, 0.6) is 0 Å². The first-order valence-electron chi connectivity index (χ1n) is 7.82. The fourth-order valence-electron chi connectivity index (χ4n) is 2.59. The van der Waals surface area contributed by atoms with Crippen molar-refractivity contribution in [2.45, 2.75) is 11.8 Å². The molecule has 0 aliphatic carbocycles. The monoisotopic (exact) mass is 378 g/mol. The van der Waals surface area contributed by atoms with Gasteiger partial charge in [-0.15, -0.1) is 11.3 Å². The van der Waals surface area contributed by atoms with E-state index in [1.54, 1.807) is 18.2 Å². The highest BCUT2D eigenvalue weighted by Gasteiger charge is 2.58. The largest absolute Gasteiger partial charge is 0.428 e. The van der Waals surface area contributed by atoms with Crippen molar-refractivity contribution in [3.05, 3.63) is 70.5 Å². The highest BCUT2D eigenvalue weighted by atomic mass is 32.1. The average molecular weight is 378 g/mol. The van der Waals surface area contributed by atoms with Gasteiger partial charge < -0.3 is 10.0 Å². The van der Waals surface area contributed by atoms with Crippen molar-refractivity contribution < 1.29 is 18.3 Å². The first-order valence-corrected chi connectivity index (χ1v) is 8.70. The molecule has 1 atom stereocenters. The number of alkyl halides is 3. The fraction of sp³-hybridized carbons (Fsp3) is 0.211. The molecule has 3 aromatic rings. The first-order chi connectivity index (χ1) is 12.2. The van der Waals surface area contributed by atoms with Crippen molar-refractivity contribution >= 4 is 17.0 Å². The van der Waals surface area contributed by atoms with Crippen LogP contribution in [-0.4, -0.2) is 30.4 Å². The van der Waals surface area contributed by atoms with Crippen molar-refractivity contribution in [1.29, 1.82) is 0 Å². The lowest BCUT2D eigenvalue weighted by atomic mass is 9.94. The molecule has 0 amide bonds. The Morgan fingerprint density at radius 3 is 2.12 bits per heavy atom. The maximum Gasteiger partial charge on any atom is 0.428 e. The van der Waals surface area contributed by atoms with E-state index in [0.717, 1.165) is 17.0 Å². The summed E-state index contributed by atoms with van der Waals surface area (Å²) >= 11 is 0.792. The van der Waals surface area contributed by atoms with E-state index < -0.39 is 16.8 Å². The quantitative estimate of drug-likeness (QED) is 0.717. The van der Waals surface area contributed by atoms with Gasteiger partial charge in [0.05, 0.1) is 5.69 Å². The zero-order valence-corrected chi connectivity index (χ0v) is 15.0. The summed E-state index contributed by atoms with van der Waals surface area (Å²) in [7, 11) is 3.80. The van der Waals surface area contributed by atoms with Crippen molar-refractivity contribution in [3.8, 4) is 11.3 Å². The second kappa shape index (κ2) is 6.74. The second-order valence-corrected chi connectivity index (χ2v) is 6.91. The van der Waals surface area contributed by atoms with Crippen molar-refractivity contribution in [2.75, 3.05) is 19.0 Å². The highest BCUT2D eigenvalue weighted by Crippen LogP contribution is 2.45. The molecular formula is C19H17F3N2OS. The van der Waals surface area contributed by atoms with E-state index in [1.165, 1.54) is 29.6 Å². The number of rotatable bonds is 4. The minimum atomic E-state index is -4.89. The number of thiazole rings is 1. The molecule has 0 spiro atoms. The number of hydrogen-bond donors (Lipinski definition) is 1. The molecule has 0 saturated carbocycles. The molecule has 0 bridgehead atoms. The van der Waals surface area contributed by atoms with Gasteiger partial charge in [-0.3, -0.25) is 0 Å². The molecule has 1 heterocycles. The molecule has 0 aliphatic heterocycles. The van der Waals surface area contributed by atoms with E-state index >= 15 is 0 Å². The van der Waals surface area contributed by atoms with E-state index in [4.69, 9.17) is 0 Å². The molecule has 1 N–H and O–H groups in total. The molecule has 0 aliphatic rings. The van der Waals surface area contributed by atoms with Crippen LogP contribution in [0, 0.1) is 0 Å². The van der Waals surface area contributed by atoms with Gasteiger partial charge in [-0.1, -0.05) is 42.5 Å². The predicted molar refractivity (Wildman–Crippen MR) is 97.4 cm³/mol. The van der Waals surface area contributed by atoms with Gasteiger partial charge in [-0.25, -0.2) is 4.98 Å². The van der Waals surface area contributed by atoms with Crippen molar-refractivity contribution in [3.63, 3.8) is 0 Å². The summed E-state index contributed by atoms with van der Waals surface area (Å²) in [5.41, 5.74) is -1.33. The Kier molecular flexibility index (Phi) is 4.77. The van der Waals surface area contributed by atoms with Gasteiger partial charge in [0, 0.05) is 30.7 Å². The molecular weight excluding hydrogens is 361 g/mol. The summed E-state index contributed by atoms with van der Waals surface area (Å²) in [5, 5.41) is 11.7. The Labute approximate surface area is 153 Å². The maximum atomic E-state index is 13.7. The standard InChI is InChI=1S/C19H17F3N2OS/c1-24(2)15-10-8-13(9-11-15)16-12-26-17(23-16)18(25,19(20,21)22)14-6-4-3-5-7-14/h3-12,25H,1-2H3. The van der Waals surface area contributed by atoms with Gasteiger partial charge in [0.15, 0.2) is 0 Å². The third-order valence-electron chi connectivity index (χ3n) is 4.09. The maximum absolute atomic E-state index is 13.7. The van der Waals surface area contributed by atoms with Gasteiger partial charge in [-0.2, -0.15) is 13.2 Å². The summed E-state index contributed by atoms with van der Waals surface area (Å²) in [6.07, 6.45) is -4.89. The third kappa shape index (κ3) is 3.20. The number of nitrogens with zero attached hydrogens (tertiary/aromatic N) is 2. The Morgan fingerprint density at radius 1 is 0.962 bits per heavy atom. The van der Waals surface area contributed by atoms with Gasteiger partial charge in [0.1, 0.15) is 5.01 Å². The molecule has 0 saturated heterocycles. The minimum absolute atomic E-state index is 0.253. The number of halogens is 3. The van der Waals surface area contributed by atoms with Crippen LogP contribution < -0.4 is 4.90 Å². The molecule has 2 aromatic carbocycles. The smallest absolute Gasteiger partial charge is 0.378 e. The Hall–Kier alpha value is -2.38. The minimum Gasteiger partial charge on any atom is -0.378 e. The lowest BCUT2D eigenvalue weighted by Crippen LogP contribution is -2.43. The highest BCUT2D eigenvalue weighted by molar-refractivity contribution is 7.10. The summed E-state index contributed by atoms with van der Waals surface area (Å²) < 4.78 is 41.2. The topological polar surface area (TPSA) is 36.4 Å². The number of aliphatic hydroxyl groups is 1. The number of benzene rings is 2. The number of aromatic nitrogens is 1. The molecule has 7 heteroatoms. The molecule has 1 aromatic heterocycles. The van der Waals surface area contributed by atoms with Crippen LogP contribution >= 0.6 is 11.3 Å². The van der Waals surface area contributed by atoms with E-state index in [0.29, 0.717) is 11.3 Å². The zero-order chi connectivity index (χ0) is 18.9.